The monoisotopic (exact) mass is 608 g/mol. The number of aliphatic hydroxyl groups excluding tert-OH is 1. The molecule has 0 saturated carbocycles. The highest BCUT2D eigenvalue weighted by atomic mass is 35.5. The first-order valence-corrected chi connectivity index (χ1v) is 13.9. The van der Waals surface area contributed by atoms with Gasteiger partial charge in [-0.05, 0) is 49.7 Å². The number of esters is 1. The quantitative estimate of drug-likeness (QED) is 0.0967. The standard InChI is InChI=1S/C31H33ClN4O7/c1-4-41-26-15-20(29-28(30(38)40-3)19(2)34-31(39)35-29)13-14-25(26)43-18-27(37)36-33-16-21-9-6-8-12-24(21)42-17-22-10-5-7-11-23(22)32/h5-16,27,29,36-37H,4,17-18H2,1-3H3,(H2,34,35,39)/b33-16+/t27-,29+/m0/s1. The Bertz CT molecular complexity index is 1510. The number of amides is 2. The number of methoxy groups -OCH3 is 1. The lowest BCUT2D eigenvalue weighted by Gasteiger charge is -2.28. The Labute approximate surface area is 254 Å². The van der Waals surface area contributed by atoms with Crippen LogP contribution in [0.15, 0.2) is 83.1 Å². The molecule has 3 aromatic carbocycles. The van der Waals surface area contributed by atoms with Gasteiger partial charge in [0, 0.05) is 21.8 Å². The van der Waals surface area contributed by atoms with Gasteiger partial charge in [-0.1, -0.05) is 48.0 Å². The molecular formula is C31H33ClN4O7. The number of carbonyl (C=O) groups excluding carboxylic acids is 2. The van der Waals surface area contributed by atoms with E-state index in [9.17, 15) is 14.7 Å². The van der Waals surface area contributed by atoms with E-state index in [-0.39, 0.29) is 12.2 Å². The fourth-order valence-corrected chi connectivity index (χ4v) is 4.49. The Kier molecular flexibility index (Phi) is 10.8. The minimum absolute atomic E-state index is 0.155. The molecule has 0 aliphatic carbocycles. The third-order valence-corrected chi connectivity index (χ3v) is 6.73. The maximum absolute atomic E-state index is 12.4. The zero-order valence-corrected chi connectivity index (χ0v) is 24.7. The van der Waals surface area contributed by atoms with Gasteiger partial charge in [0.2, 0.25) is 0 Å². The van der Waals surface area contributed by atoms with E-state index >= 15 is 0 Å². The molecule has 4 rings (SSSR count). The number of allylic oxidation sites excluding steroid dienone is 1. The maximum atomic E-state index is 12.4. The van der Waals surface area contributed by atoms with Gasteiger partial charge in [-0.25, -0.2) is 9.59 Å². The number of nitrogens with zero attached hydrogens (tertiary/aromatic N) is 1. The number of ether oxygens (including phenoxy) is 4. The van der Waals surface area contributed by atoms with E-state index in [1.807, 2.05) is 49.4 Å². The van der Waals surface area contributed by atoms with Crippen molar-refractivity contribution in [2.75, 3.05) is 20.3 Å². The molecule has 0 spiro atoms. The molecule has 2 atom stereocenters. The van der Waals surface area contributed by atoms with E-state index < -0.39 is 24.3 Å². The molecule has 0 fully saturated rings. The van der Waals surface area contributed by atoms with Crippen LogP contribution in [0, 0.1) is 0 Å². The average Bonchev–Trinajstić information content (AvgIpc) is 3.00. The summed E-state index contributed by atoms with van der Waals surface area (Å²) in [4.78, 5) is 24.6. The van der Waals surface area contributed by atoms with Gasteiger partial charge in [-0.2, -0.15) is 5.10 Å². The van der Waals surface area contributed by atoms with Gasteiger partial charge in [-0.15, -0.1) is 0 Å². The molecular weight excluding hydrogens is 576 g/mol. The van der Waals surface area contributed by atoms with Gasteiger partial charge in [0.25, 0.3) is 0 Å². The van der Waals surface area contributed by atoms with Crippen molar-refractivity contribution in [2.24, 2.45) is 5.10 Å². The molecule has 11 nitrogen and oxygen atoms in total. The fourth-order valence-electron chi connectivity index (χ4n) is 4.30. The zero-order chi connectivity index (χ0) is 30.8. The number of benzene rings is 3. The van der Waals surface area contributed by atoms with Gasteiger partial charge in [0.1, 0.15) is 19.0 Å². The molecule has 12 heteroatoms. The van der Waals surface area contributed by atoms with E-state index in [0.717, 1.165) is 5.56 Å². The van der Waals surface area contributed by atoms with E-state index in [2.05, 4.69) is 21.2 Å². The molecule has 1 aliphatic heterocycles. The van der Waals surface area contributed by atoms with Crippen LogP contribution in [0.4, 0.5) is 4.79 Å². The summed E-state index contributed by atoms with van der Waals surface area (Å²) in [5.74, 6) is 0.757. The first-order valence-electron chi connectivity index (χ1n) is 13.5. The minimum Gasteiger partial charge on any atom is -0.490 e. The average molecular weight is 609 g/mol. The van der Waals surface area contributed by atoms with Crippen molar-refractivity contribution in [3.63, 3.8) is 0 Å². The van der Waals surface area contributed by atoms with Gasteiger partial charge in [-0.3, -0.25) is 5.43 Å². The Morgan fingerprint density at radius 2 is 1.84 bits per heavy atom. The third-order valence-electron chi connectivity index (χ3n) is 6.36. The van der Waals surface area contributed by atoms with Crippen LogP contribution in [0.2, 0.25) is 5.02 Å². The Morgan fingerprint density at radius 3 is 2.60 bits per heavy atom. The smallest absolute Gasteiger partial charge is 0.337 e. The number of hydrogen-bond donors (Lipinski definition) is 4. The summed E-state index contributed by atoms with van der Waals surface area (Å²) in [5.41, 5.74) is 5.44. The van der Waals surface area contributed by atoms with Crippen molar-refractivity contribution >= 4 is 29.8 Å². The summed E-state index contributed by atoms with van der Waals surface area (Å²) in [7, 11) is 1.27. The van der Waals surface area contributed by atoms with Crippen molar-refractivity contribution in [3.8, 4) is 17.2 Å². The molecule has 43 heavy (non-hydrogen) atoms. The van der Waals surface area contributed by atoms with Crippen molar-refractivity contribution in [1.82, 2.24) is 16.1 Å². The van der Waals surface area contributed by atoms with Crippen LogP contribution in [-0.4, -0.2) is 49.9 Å². The fraction of sp³-hybridized carbons (Fsp3) is 0.258. The Balaban J connectivity index is 1.39. The van der Waals surface area contributed by atoms with Gasteiger partial charge in [0.05, 0.1) is 31.5 Å². The second-order valence-corrected chi connectivity index (χ2v) is 9.74. The molecule has 0 bridgehead atoms. The van der Waals surface area contributed by atoms with Crippen LogP contribution in [0.5, 0.6) is 17.2 Å². The number of hydrazone groups is 1. The van der Waals surface area contributed by atoms with Crippen LogP contribution in [0.3, 0.4) is 0 Å². The highest BCUT2D eigenvalue weighted by Crippen LogP contribution is 2.35. The lowest BCUT2D eigenvalue weighted by molar-refractivity contribution is -0.136. The zero-order valence-electron chi connectivity index (χ0n) is 23.9. The molecule has 1 aliphatic rings. The second-order valence-electron chi connectivity index (χ2n) is 9.33. The van der Waals surface area contributed by atoms with Crippen LogP contribution < -0.4 is 30.3 Å². The van der Waals surface area contributed by atoms with Crippen LogP contribution in [0.1, 0.15) is 36.6 Å². The normalized spacial score (nSPS) is 15.4. The highest BCUT2D eigenvalue weighted by molar-refractivity contribution is 6.31. The highest BCUT2D eigenvalue weighted by Gasteiger charge is 2.32. The maximum Gasteiger partial charge on any atom is 0.337 e. The van der Waals surface area contributed by atoms with Crippen LogP contribution >= 0.6 is 11.6 Å². The topological polar surface area (TPSA) is 140 Å². The lowest BCUT2D eigenvalue weighted by atomic mass is 9.95. The SMILES string of the molecule is CCOc1cc([C@H]2NC(=O)NC(C)=C2C(=O)OC)ccc1OC[C@H](O)N/N=C/c1ccccc1OCc1ccccc1Cl. The lowest BCUT2D eigenvalue weighted by Crippen LogP contribution is -2.45. The molecule has 3 aromatic rings. The number of nitrogens with one attached hydrogen (secondary N) is 3. The minimum atomic E-state index is -1.15. The molecule has 0 radical (unpaired) electrons. The predicted octanol–water partition coefficient (Wildman–Crippen LogP) is 4.44. The van der Waals surface area contributed by atoms with Gasteiger partial charge in [0.15, 0.2) is 17.7 Å². The number of hydrogen-bond acceptors (Lipinski definition) is 9. The summed E-state index contributed by atoms with van der Waals surface area (Å²) >= 11 is 6.23. The number of halogens is 1. The number of para-hydroxylation sites is 1. The largest absolute Gasteiger partial charge is 0.490 e. The Hall–Kier alpha value is -4.74. The van der Waals surface area contributed by atoms with Crippen molar-refractivity contribution in [2.45, 2.75) is 32.7 Å². The first-order chi connectivity index (χ1) is 20.8. The summed E-state index contributed by atoms with van der Waals surface area (Å²) in [5, 5.41) is 20.5. The molecule has 2 amide bonds. The Morgan fingerprint density at radius 1 is 1.07 bits per heavy atom. The molecule has 0 unspecified atom stereocenters. The molecule has 0 saturated heterocycles. The summed E-state index contributed by atoms with van der Waals surface area (Å²) in [6.45, 7) is 3.91. The summed E-state index contributed by atoms with van der Waals surface area (Å²) < 4.78 is 22.4. The third kappa shape index (κ3) is 8.18. The first kappa shape index (κ1) is 31.2. The van der Waals surface area contributed by atoms with Gasteiger partial charge < -0.3 is 34.7 Å². The molecule has 0 aromatic heterocycles. The number of aliphatic hydroxyl groups is 1. The number of rotatable bonds is 13. The molecule has 4 N–H and O–H groups in total. The van der Waals surface area contributed by atoms with Crippen molar-refractivity contribution in [3.05, 3.63) is 99.7 Å². The molecule has 226 valence electrons. The van der Waals surface area contributed by atoms with Crippen molar-refractivity contribution < 1.29 is 33.6 Å². The second kappa shape index (κ2) is 14.9. The van der Waals surface area contributed by atoms with Crippen LogP contribution in [-0.2, 0) is 16.1 Å². The summed E-state index contributed by atoms with van der Waals surface area (Å²) in [6.07, 6.45) is 0.384. The number of urea groups is 1. The van der Waals surface area contributed by atoms with E-state index in [0.29, 0.717) is 52.3 Å². The number of carbonyl (C=O) groups is 2. The molecule has 1 heterocycles. The van der Waals surface area contributed by atoms with Gasteiger partial charge >= 0.3 is 12.0 Å². The predicted molar refractivity (Wildman–Crippen MR) is 161 cm³/mol. The summed E-state index contributed by atoms with van der Waals surface area (Å²) in [6, 6.07) is 18.6. The van der Waals surface area contributed by atoms with E-state index in [1.165, 1.54) is 13.3 Å². The van der Waals surface area contributed by atoms with E-state index in [1.54, 1.807) is 31.2 Å². The van der Waals surface area contributed by atoms with Crippen molar-refractivity contribution in [1.29, 1.82) is 0 Å². The van der Waals surface area contributed by atoms with E-state index in [4.69, 9.17) is 30.5 Å². The van der Waals surface area contributed by atoms with Crippen LogP contribution in [0.25, 0.3) is 0 Å².